The van der Waals surface area contributed by atoms with Crippen molar-refractivity contribution in [1.29, 1.82) is 0 Å². The molecule has 0 aromatic carbocycles. The van der Waals surface area contributed by atoms with Gasteiger partial charge in [0.1, 0.15) is 5.82 Å². The van der Waals surface area contributed by atoms with Crippen LogP contribution >= 0.6 is 11.3 Å². The molecule has 2 saturated heterocycles. The molecule has 164 valence electrons. The van der Waals surface area contributed by atoms with E-state index in [0.29, 0.717) is 31.7 Å². The standard InChI is InChI=1S/C20H21F3N6OS/c21-20(22,23)19-25-24-16-3-4-17(26-29(16)19)27-9-5-13(6-10-27)18(30)28-8-1-2-15(28)14-7-11-31-12-14/h3-4,7,11-13,15H,1-2,5-6,8-10H2. The Morgan fingerprint density at radius 3 is 2.58 bits per heavy atom. The molecule has 0 bridgehead atoms. The molecule has 2 aliphatic heterocycles. The fourth-order valence-electron chi connectivity index (χ4n) is 4.56. The predicted octanol–water partition coefficient (Wildman–Crippen LogP) is 3.78. The molecule has 2 aliphatic rings. The van der Waals surface area contributed by atoms with Crippen LogP contribution in [0.2, 0.25) is 0 Å². The van der Waals surface area contributed by atoms with Gasteiger partial charge in [-0.25, -0.2) is 0 Å². The van der Waals surface area contributed by atoms with Crippen LogP contribution in [0, 0.1) is 5.92 Å². The highest BCUT2D eigenvalue weighted by Crippen LogP contribution is 2.36. The molecule has 5 heterocycles. The van der Waals surface area contributed by atoms with Gasteiger partial charge in [-0.15, -0.1) is 15.3 Å². The molecule has 0 saturated carbocycles. The van der Waals surface area contributed by atoms with E-state index in [0.717, 1.165) is 23.9 Å². The van der Waals surface area contributed by atoms with Crippen LogP contribution in [-0.4, -0.2) is 50.3 Å². The van der Waals surface area contributed by atoms with Crippen molar-refractivity contribution < 1.29 is 18.0 Å². The minimum Gasteiger partial charge on any atom is -0.355 e. The number of amides is 1. The number of fused-ring (bicyclic) bond motifs is 1. The monoisotopic (exact) mass is 450 g/mol. The Bertz CT molecular complexity index is 1070. The zero-order chi connectivity index (χ0) is 21.6. The Kier molecular flexibility index (Phi) is 5.07. The molecule has 7 nitrogen and oxygen atoms in total. The molecule has 0 N–H and O–H groups in total. The van der Waals surface area contributed by atoms with Crippen LogP contribution in [0.25, 0.3) is 5.65 Å². The molecule has 3 aromatic heterocycles. The zero-order valence-corrected chi connectivity index (χ0v) is 17.4. The maximum atomic E-state index is 13.2. The van der Waals surface area contributed by atoms with Gasteiger partial charge in [-0.2, -0.15) is 29.0 Å². The lowest BCUT2D eigenvalue weighted by molar-refractivity contribution is -0.146. The molecule has 0 spiro atoms. The van der Waals surface area contributed by atoms with Gasteiger partial charge >= 0.3 is 6.18 Å². The van der Waals surface area contributed by atoms with Crippen molar-refractivity contribution in [3.8, 4) is 0 Å². The lowest BCUT2D eigenvalue weighted by Gasteiger charge is -2.35. The summed E-state index contributed by atoms with van der Waals surface area (Å²) in [7, 11) is 0. The molecule has 1 atom stereocenters. The molecule has 0 aliphatic carbocycles. The van der Waals surface area contributed by atoms with Gasteiger partial charge in [0.25, 0.3) is 5.82 Å². The van der Waals surface area contributed by atoms with E-state index in [2.05, 4.69) is 26.7 Å². The Balaban J connectivity index is 1.28. The topological polar surface area (TPSA) is 66.6 Å². The van der Waals surface area contributed by atoms with E-state index in [1.807, 2.05) is 15.2 Å². The molecular formula is C20H21F3N6OS. The van der Waals surface area contributed by atoms with Gasteiger partial charge in [-0.3, -0.25) is 4.79 Å². The van der Waals surface area contributed by atoms with E-state index in [9.17, 15) is 18.0 Å². The molecular weight excluding hydrogens is 429 g/mol. The minimum absolute atomic E-state index is 0.0506. The number of carbonyl (C=O) groups is 1. The second-order valence-electron chi connectivity index (χ2n) is 7.99. The van der Waals surface area contributed by atoms with Crippen molar-refractivity contribution in [3.63, 3.8) is 0 Å². The summed E-state index contributed by atoms with van der Waals surface area (Å²) in [6.45, 7) is 1.91. The first kappa shape index (κ1) is 20.2. The Hall–Kier alpha value is -2.69. The number of aromatic nitrogens is 4. The first-order chi connectivity index (χ1) is 14.9. The average molecular weight is 450 g/mol. The van der Waals surface area contributed by atoms with Crippen LogP contribution in [0.5, 0.6) is 0 Å². The van der Waals surface area contributed by atoms with Crippen LogP contribution in [0.1, 0.15) is 43.1 Å². The van der Waals surface area contributed by atoms with Gasteiger partial charge in [0.05, 0.1) is 6.04 Å². The van der Waals surface area contributed by atoms with Crippen molar-refractivity contribution >= 4 is 28.7 Å². The summed E-state index contributed by atoms with van der Waals surface area (Å²) in [5.41, 5.74) is 1.26. The smallest absolute Gasteiger partial charge is 0.355 e. The third kappa shape index (κ3) is 3.75. The van der Waals surface area contributed by atoms with E-state index in [1.165, 1.54) is 11.6 Å². The van der Waals surface area contributed by atoms with Crippen LogP contribution in [-0.2, 0) is 11.0 Å². The maximum Gasteiger partial charge on any atom is 0.453 e. The summed E-state index contributed by atoms with van der Waals surface area (Å²) in [5.74, 6) is -0.585. The summed E-state index contributed by atoms with van der Waals surface area (Å²) < 4.78 is 40.1. The fraction of sp³-hybridized carbons (Fsp3) is 0.500. The summed E-state index contributed by atoms with van der Waals surface area (Å²) in [6.07, 6.45) is -1.32. The molecule has 5 rings (SSSR count). The highest BCUT2D eigenvalue weighted by atomic mass is 32.1. The van der Waals surface area contributed by atoms with Gasteiger partial charge in [0.15, 0.2) is 5.65 Å². The number of thiophene rings is 1. The molecule has 2 fully saturated rings. The van der Waals surface area contributed by atoms with Crippen LogP contribution in [0.3, 0.4) is 0 Å². The Labute approximate surface area is 180 Å². The lowest BCUT2D eigenvalue weighted by Crippen LogP contribution is -2.42. The molecule has 0 radical (unpaired) electrons. The Morgan fingerprint density at radius 1 is 1.06 bits per heavy atom. The number of rotatable bonds is 3. The number of alkyl halides is 3. The number of piperidine rings is 1. The summed E-state index contributed by atoms with van der Waals surface area (Å²) in [6, 6.07) is 5.39. The largest absolute Gasteiger partial charge is 0.453 e. The molecule has 1 amide bonds. The summed E-state index contributed by atoms with van der Waals surface area (Å²) in [4.78, 5) is 17.1. The van der Waals surface area contributed by atoms with Gasteiger partial charge in [-0.1, -0.05) is 0 Å². The van der Waals surface area contributed by atoms with Gasteiger partial charge in [0.2, 0.25) is 5.91 Å². The summed E-state index contributed by atoms with van der Waals surface area (Å²) in [5, 5.41) is 15.0. The maximum absolute atomic E-state index is 13.2. The molecule has 11 heteroatoms. The van der Waals surface area contributed by atoms with Crippen molar-refractivity contribution in [1.82, 2.24) is 24.7 Å². The lowest BCUT2D eigenvalue weighted by atomic mass is 9.94. The van der Waals surface area contributed by atoms with E-state index in [-0.39, 0.29) is 23.5 Å². The predicted molar refractivity (Wildman–Crippen MR) is 109 cm³/mol. The number of likely N-dealkylation sites (tertiary alicyclic amines) is 1. The quantitative estimate of drug-likeness (QED) is 0.608. The van der Waals surface area contributed by atoms with E-state index >= 15 is 0 Å². The number of carbonyl (C=O) groups excluding carboxylic acids is 1. The average Bonchev–Trinajstić information content (AvgIpc) is 3.52. The first-order valence-corrected chi connectivity index (χ1v) is 11.2. The molecule has 3 aromatic rings. The zero-order valence-electron chi connectivity index (χ0n) is 16.6. The van der Waals surface area contributed by atoms with Crippen LogP contribution < -0.4 is 4.90 Å². The fourth-order valence-corrected chi connectivity index (χ4v) is 5.26. The molecule has 31 heavy (non-hydrogen) atoms. The number of nitrogens with zero attached hydrogens (tertiary/aromatic N) is 6. The van der Waals surface area contributed by atoms with Gasteiger partial charge in [0, 0.05) is 25.6 Å². The van der Waals surface area contributed by atoms with Crippen molar-refractivity contribution in [2.24, 2.45) is 5.92 Å². The van der Waals surface area contributed by atoms with E-state index in [4.69, 9.17) is 0 Å². The minimum atomic E-state index is -4.63. The van der Waals surface area contributed by atoms with Crippen molar-refractivity contribution in [2.75, 3.05) is 24.5 Å². The van der Waals surface area contributed by atoms with E-state index < -0.39 is 12.0 Å². The van der Waals surface area contributed by atoms with Crippen LogP contribution in [0.4, 0.5) is 19.0 Å². The number of halogens is 3. The number of anilines is 1. The first-order valence-electron chi connectivity index (χ1n) is 10.3. The number of hydrogen-bond donors (Lipinski definition) is 0. The number of hydrogen-bond acceptors (Lipinski definition) is 6. The highest BCUT2D eigenvalue weighted by molar-refractivity contribution is 7.08. The summed E-state index contributed by atoms with van der Waals surface area (Å²) >= 11 is 1.64. The second-order valence-corrected chi connectivity index (χ2v) is 8.77. The molecule has 1 unspecified atom stereocenters. The third-order valence-electron chi connectivity index (χ3n) is 6.13. The van der Waals surface area contributed by atoms with Gasteiger partial charge < -0.3 is 9.80 Å². The normalized spacial score (nSPS) is 20.7. The second kappa shape index (κ2) is 7.77. The van der Waals surface area contributed by atoms with Crippen molar-refractivity contribution in [3.05, 3.63) is 40.3 Å². The highest BCUT2D eigenvalue weighted by Gasteiger charge is 2.38. The third-order valence-corrected chi connectivity index (χ3v) is 6.84. The SMILES string of the molecule is O=C(C1CCN(c2ccc3nnc(C(F)(F)F)n3n2)CC1)N1CCCC1c1ccsc1. The van der Waals surface area contributed by atoms with Gasteiger partial charge in [-0.05, 0) is 60.2 Å². The Morgan fingerprint density at radius 2 is 1.87 bits per heavy atom. The van der Waals surface area contributed by atoms with E-state index in [1.54, 1.807) is 17.4 Å². The van der Waals surface area contributed by atoms with Crippen molar-refractivity contribution in [2.45, 2.75) is 37.9 Å². The van der Waals surface area contributed by atoms with Crippen LogP contribution in [0.15, 0.2) is 29.0 Å².